The van der Waals surface area contributed by atoms with Gasteiger partial charge < -0.3 is 21.1 Å². The van der Waals surface area contributed by atoms with Crippen molar-refractivity contribution < 1.29 is 14.7 Å². The Morgan fingerprint density at radius 3 is 2.72 bits per heavy atom. The van der Waals surface area contributed by atoms with Crippen LogP contribution in [-0.2, 0) is 9.59 Å². The molecule has 0 aliphatic carbocycles. The van der Waals surface area contributed by atoms with Gasteiger partial charge in [-0.3, -0.25) is 9.59 Å². The monoisotopic (exact) mass is 255 g/mol. The third-order valence-corrected chi connectivity index (χ3v) is 3.96. The maximum atomic E-state index is 12.5. The summed E-state index contributed by atoms with van der Waals surface area (Å²) in [4.78, 5) is 25.3. The molecule has 0 aromatic heterocycles. The van der Waals surface area contributed by atoms with Crippen LogP contribution in [-0.4, -0.2) is 52.6 Å². The van der Waals surface area contributed by atoms with E-state index in [1.807, 2.05) is 6.92 Å². The lowest BCUT2D eigenvalue weighted by atomic mass is 9.89. The summed E-state index contributed by atoms with van der Waals surface area (Å²) in [6.45, 7) is 2.86. The molecular formula is C12H21N3O3. The number of nitrogens with two attached hydrogens (primary N) is 1. The van der Waals surface area contributed by atoms with Crippen molar-refractivity contribution in [1.82, 2.24) is 10.2 Å². The Labute approximate surface area is 107 Å². The number of aliphatic hydroxyl groups excluding tert-OH is 1. The van der Waals surface area contributed by atoms with Gasteiger partial charge in [-0.2, -0.15) is 0 Å². The highest BCUT2D eigenvalue weighted by atomic mass is 16.3. The van der Waals surface area contributed by atoms with Crippen molar-refractivity contribution in [3.05, 3.63) is 0 Å². The molecule has 0 bridgehead atoms. The van der Waals surface area contributed by atoms with E-state index in [2.05, 4.69) is 5.32 Å². The van der Waals surface area contributed by atoms with Crippen molar-refractivity contribution in [3.63, 3.8) is 0 Å². The Morgan fingerprint density at radius 1 is 1.44 bits per heavy atom. The number of likely N-dealkylation sites (tertiary alicyclic amines) is 1. The van der Waals surface area contributed by atoms with E-state index >= 15 is 0 Å². The molecule has 4 N–H and O–H groups in total. The highest BCUT2D eigenvalue weighted by molar-refractivity contribution is 5.92. The molecule has 2 amide bonds. The third kappa shape index (κ3) is 2.35. The molecule has 0 saturated carbocycles. The highest BCUT2D eigenvalue weighted by Gasteiger charge is 2.45. The molecule has 6 heteroatoms. The number of β-amino-alcohol motifs (C(OH)–C–C–N with tert-alkyl or cyclic N) is 1. The number of amides is 2. The summed E-state index contributed by atoms with van der Waals surface area (Å²) in [5.74, 6) is -0.665. The molecule has 0 aromatic rings. The van der Waals surface area contributed by atoms with Gasteiger partial charge in [0.1, 0.15) is 6.04 Å². The number of hydrogen-bond donors (Lipinski definition) is 3. The summed E-state index contributed by atoms with van der Waals surface area (Å²) in [6.07, 6.45) is 2.40. The predicted octanol–water partition coefficient (Wildman–Crippen LogP) is -1.03. The summed E-state index contributed by atoms with van der Waals surface area (Å²) in [5.41, 5.74) is 4.67. The van der Waals surface area contributed by atoms with Crippen LogP contribution in [0, 0.1) is 0 Å². The van der Waals surface area contributed by atoms with E-state index in [4.69, 9.17) is 5.73 Å². The second-order valence-electron chi connectivity index (χ2n) is 5.48. The van der Waals surface area contributed by atoms with Crippen LogP contribution in [0.25, 0.3) is 0 Å². The van der Waals surface area contributed by atoms with Gasteiger partial charge in [0.2, 0.25) is 11.8 Å². The van der Waals surface area contributed by atoms with Gasteiger partial charge in [0.15, 0.2) is 0 Å². The minimum Gasteiger partial charge on any atom is -0.391 e. The SMILES string of the molecule is CC1(C(=O)N2CC(O)CC2C(N)=O)CCCCN1. The number of carbonyl (C=O) groups excluding carboxylic acids is 2. The molecular weight excluding hydrogens is 234 g/mol. The lowest BCUT2D eigenvalue weighted by Crippen LogP contribution is -2.60. The maximum absolute atomic E-state index is 12.5. The fraction of sp³-hybridized carbons (Fsp3) is 0.833. The number of rotatable bonds is 2. The standard InChI is InChI=1S/C12H21N3O3/c1-12(4-2-3-5-14-12)11(18)15-7-8(16)6-9(15)10(13)17/h8-9,14,16H,2-7H2,1H3,(H2,13,17). The average molecular weight is 255 g/mol. The largest absolute Gasteiger partial charge is 0.391 e. The van der Waals surface area contributed by atoms with E-state index in [1.54, 1.807) is 0 Å². The van der Waals surface area contributed by atoms with Crippen LogP contribution in [0.2, 0.25) is 0 Å². The van der Waals surface area contributed by atoms with Gasteiger partial charge in [-0.15, -0.1) is 0 Å². The van der Waals surface area contributed by atoms with Gasteiger partial charge in [0.25, 0.3) is 0 Å². The van der Waals surface area contributed by atoms with E-state index < -0.39 is 23.6 Å². The second-order valence-corrected chi connectivity index (χ2v) is 5.48. The fourth-order valence-electron chi connectivity index (χ4n) is 2.86. The van der Waals surface area contributed by atoms with Crippen LogP contribution in [0.4, 0.5) is 0 Å². The van der Waals surface area contributed by atoms with Crippen molar-refractivity contribution in [2.24, 2.45) is 5.73 Å². The van der Waals surface area contributed by atoms with Gasteiger partial charge in [-0.1, -0.05) is 0 Å². The van der Waals surface area contributed by atoms with Crippen molar-refractivity contribution in [2.75, 3.05) is 13.1 Å². The third-order valence-electron chi connectivity index (χ3n) is 3.96. The van der Waals surface area contributed by atoms with Crippen LogP contribution in [0.5, 0.6) is 0 Å². The highest BCUT2D eigenvalue weighted by Crippen LogP contribution is 2.26. The van der Waals surface area contributed by atoms with E-state index in [1.165, 1.54) is 4.90 Å². The quantitative estimate of drug-likeness (QED) is 0.587. The molecule has 0 radical (unpaired) electrons. The molecule has 2 rings (SSSR count). The Bertz CT molecular complexity index is 352. The van der Waals surface area contributed by atoms with E-state index in [0.29, 0.717) is 0 Å². The zero-order valence-electron chi connectivity index (χ0n) is 10.7. The van der Waals surface area contributed by atoms with E-state index in [0.717, 1.165) is 25.8 Å². The number of piperidine rings is 1. The molecule has 102 valence electrons. The minimum atomic E-state index is -0.673. The van der Waals surface area contributed by atoms with E-state index in [-0.39, 0.29) is 18.9 Å². The first-order chi connectivity index (χ1) is 8.44. The first kappa shape index (κ1) is 13.3. The summed E-state index contributed by atoms with van der Waals surface area (Å²) in [6, 6.07) is -0.673. The Balaban J connectivity index is 2.14. The summed E-state index contributed by atoms with van der Waals surface area (Å²) < 4.78 is 0. The Hall–Kier alpha value is -1.14. The Kier molecular flexibility index (Phi) is 3.59. The van der Waals surface area contributed by atoms with Crippen molar-refractivity contribution in [3.8, 4) is 0 Å². The zero-order valence-corrected chi connectivity index (χ0v) is 10.7. The van der Waals surface area contributed by atoms with Crippen LogP contribution in [0.15, 0.2) is 0 Å². The summed E-state index contributed by atoms with van der Waals surface area (Å²) in [5, 5.41) is 12.8. The lowest BCUT2D eigenvalue weighted by molar-refractivity contribution is -0.143. The molecule has 2 heterocycles. The normalized spacial score (nSPS) is 36.7. The molecule has 2 aliphatic rings. The van der Waals surface area contributed by atoms with Gasteiger partial charge in [0, 0.05) is 13.0 Å². The second kappa shape index (κ2) is 4.85. The first-order valence-electron chi connectivity index (χ1n) is 6.47. The Morgan fingerprint density at radius 2 is 2.17 bits per heavy atom. The van der Waals surface area contributed by atoms with Crippen LogP contribution in [0.3, 0.4) is 0 Å². The minimum absolute atomic E-state index is 0.123. The molecule has 3 unspecified atom stereocenters. The topological polar surface area (TPSA) is 95.7 Å². The van der Waals surface area contributed by atoms with Crippen molar-refractivity contribution in [2.45, 2.75) is 50.3 Å². The zero-order chi connectivity index (χ0) is 13.3. The molecule has 3 atom stereocenters. The van der Waals surface area contributed by atoms with Crippen molar-refractivity contribution >= 4 is 11.8 Å². The first-order valence-corrected chi connectivity index (χ1v) is 6.47. The molecule has 2 fully saturated rings. The molecule has 0 spiro atoms. The molecule has 2 saturated heterocycles. The lowest BCUT2D eigenvalue weighted by Gasteiger charge is -2.38. The van der Waals surface area contributed by atoms with Crippen molar-refractivity contribution in [1.29, 1.82) is 0 Å². The number of primary amides is 1. The van der Waals surface area contributed by atoms with Gasteiger partial charge >= 0.3 is 0 Å². The predicted molar refractivity (Wildman–Crippen MR) is 65.6 cm³/mol. The number of hydrogen-bond acceptors (Lipinski definition) is 4. The number of nitrogens with one attached hydrogen (secondary N) is 1. The fourth-order valence-corrected chi connectivity index (χ4v) is 2.86. The van der Waals surface area contributed by atoms with Crippen LogP contribution >= 0.6 is 0 Å². The average Bonchev–Trinajstić information content (AvgIpc) is 2.71. The summed E-state index contributed by atoms with van der Waals surface area (Å²) in [7, 11) is 0. The maximum Gasteiger partial charge on any atom is 0.243 e. The van der Waals surface area contributed by atoms with Crippen LogP contribution < -0.4 is 11.1 Å². The molecule has 0 aromatic carbocycles. The number of carbonyl (C=O) groups is 2. The van der Waals surface area contributed by atoms with Gasteiger partial charge in [-0.25, -0.2) is 0 Å². The van der Waals surface area contributed by atoms with Crippen LogP contribution in [0.1, 0.15) is 32.6 Å². The van der Waals surface area contributed by atoms with Gasteiger partial charge in [-0.05, 0) is 32.7 Å². The van der Waals surface area contributed by atoms with Gasteiger partial charge in [0.05, 0.1) is 11.6 Å². The summed E-state index contributed by atoms with van der Waals surface area (Å²) >= 11 is 0. The van der Waals surface area contributed by atoms with E-state index in [9.17, 15) is 14.7 Å². The molecule has 6 nitrogen and oxygen atoms in total. The molecule has 18 heavy (non-hydrogen) atoms. The number of aliphatic hydroxyl groups is 1. The molecule has 2 aliphatic heterocycles. The number of nitrogens with zero attached hydrogens (tertiary/aromatic N) is 1. The smallest absolute Gasteiger partial charge is 0.243 e.